The Hall–Kier alpha value is -0.0400. The molecular weight excluding hydrogens is 172 g/mol. The number of hydrogen-bond donors (Lipinski definition) is 1. The fraction of sp³-hybridized carbons (Fsp3) is 1.00. The molecule has 0 aliphatic heterocycles. The smallest absolute Gasteiger partial charge is 0.0668 e. The predicted molar refractivity (Wildman–Crippen MR) is 65.5 cm³/mol. The second-order valence-electron chi connectivity index (χ2n) is 6.58. The van der Waals surface area contributed by atoms with Crippen LogP contribution in [0, 0.1) is 10.8 Å². The summed E-state index contributed by atoms with van der Waals surface area (Å²) in [7, 11) is 0. The average molecular weight is 202 g/mol. The van der Waals surface area contributed by atoms with E-state index in [0.717, 1.165) is 12.8 Å². The summed E-state index contributed by atoms with van der Waals surface area (Å²) < 4.78 is 0. The van der Waals surface area contributed by atoms with Gasteiger partial charge < -0.3 is 5.11 Å². The summed E-state index contributed by atoms with van der Waals surface area (Å²) >= 11 is 0. The molecule has 0 heterocycles. The Morgan fingerprint density at radius 2 is 1.14 bits per heavy atom. The lowest BCUT2D eigenvalue weighted by Gasteiger charge is -2.38. The zero-order valence-corrected chi connectivity index (χ0v) is 10.4. The van der Waals surface area contributed by atoms with E-state index in [1.54, 1.807) is 0 Å². The quantitative estimate of drug-likeness (QED) is 0.710. The minimum Gasteiger partial charge on any atom is -0.390 e. The molecule has 0 amide bonds. The van der Waals surface area contributed by atoms with Crippen LogP contribution in [0.3, 0.4) is 0 Å². The molecule has 1 atom stereocenters. The van der Waals surface area contributed by atoms with Crippen LogP contribution in [0.1, 0.15) is 68.7 Å². The van der Waals surface area contributed by atoms with Crippen LogP contribution in [-0.4, -0.2) is 10.7 Å². The highest BCUT2D eigenvalue weighted by atomic mass is 16.3. The molecule has 1 N–H and O–H groups in total. The first-order chi connectivity index (χ1) is 5.46. The van der Waals surface area contributed by atoms with Gasteiger partial charge in [0.2, 0.25) is 0 Å². The van der Waals surface area contributed by atoms with Crippen LogP contribution in [0.15, 0.2) is 0 Å². The molecule has 0 saturated carbocycles. The molecule has 0 fully saturated rings. The van der Waals surface area contributed by atoms with E-state index in [9.17, 15) is 5.11 Å². The van der Waals surface area contributed by atoms with Gasteiger partial charge in [-0.1, -0.05) is 49.0 Å². The van der Waals surface area contributed by atoms with Gasteiger partial charge >= 0.3 is 0 Å². The van der Waals surface area contributed by atoms with E-state index in [4.69, 9.17) is 0 Å². The lowest BCUT2D eigenvalue weighted by Crippen LogP contribution is -2.40. The Labute approximate surface area is 90.9 Å². The molecule has 1 unspecified atom stereocenters. The highest BCUT2D eigenvalue weighted by molar-refractivity contribution is 4.87. The van der Waals surface area contributed by atoms with Gasteiger partial charge in [0.05, 0.1) is 5.60 Å². The maximum atomic E-state index is 10.2. The van der Waals surface area contributed by atoms with Crippen LogP contribution in [-0.2, 0) is 0 Å². The Morgan fingerprint density at radius 1 is 0.786 bits per heavy atom. The lowest BCUT2D eigenvalue weighted by atomic mass is 9.72. The second kappa shape index (κ2) is 4.65. The van der Waals surface area contributed by atoms with Crippen LogP contribution in [0.2, 0.25) is 0 Å². The molecule has 0 aliphatic rings. The lowest BCUT2D eigenvalue weighted by molar-refractivity contribution is -0.0546. The largest absolute Gasteiger partial charge is 0.390 e. The van der Waals surface area contributed by atoms with Gasteiger partial charge in [0.15, 0.2) is 0 Å². The average Bonchev–Trinajstić information content (AvgIpc) is 1.79. The van der Waals surface area contributed by atoms with Crippen molar-refractivity contribution >= 4 is 0 Å². The first-order valence-electron chi connectivity index (χ1n) is 5.18. The molecule has 0 aromatic heterocycles. The topological polar surface area (TPSA) is 20.2 Å². The Kier molecular flexibility index (Phi) is 5.45. The van der Waals surface area contributed by atoms with Crippen molar-refractivity contribution in [1.82, 2.24) is 0 Å². The van der Waals surface area contributed by atoms with Gasteiger partial charge in [-0.15, -0.1) is 0 Å². The molecule has 0 radical (unpaired) electrons. The van der Waals surface area contributed by atoms with E-state index in [0.29, 0.717) is 5.41 Å². The van der Waals surface area contributed by atoms with Crippen molar-refractivity contribution in [2.75, 3.05) is 0 Å². The van der Waals surface area contributed by atoms with Crippen molar-refractivity contribution in [3.63, 3.8) is 0 Å². The van der Waals surface area contributed by atoms with Crippen molar-refractivity contribution < 1.29 is 5.11 Å². The Morgan fingerprint density at radius 3 is 1.36 bits per heavy atom. The standard InChI is InChI=1S/C12H26O.CH4/c1-10(2,3)8-9-12(7,13)11(4,5)6;/h13H,8-9H2,1-7H3;1H4. The first kappa shape index (κ1) is 16.4. The third-order valence-corrected chi connectivity index (χ3v) is 2.98. The van der Waals surface area contributed by atoms with E-state index >= 15 is 0 Å². The van der Waals surface area contributed by atoms with Gasteiger partial charge in [-0.05, 0) is 30.6 Å². The van der Waals surface area contributed by atoms with E-state index in [-0.39, 0.29) is 12.8 Å². The fourth-order valence-electron chi connectivity index (χ4n) is 0.993. The van der Waals surface area contributed by atoms with Crippen molar-refractivity contribution in [3.05, 3.63) is 0 Å². The maximum Gasteiger partial charge on any atom is 0.0668 e. The zero-order valence-electron chi connectivity index (χ0n) is 10.4. The monoisotopic (exact) mass is 202 g/mol. The predicted octanol–water partition coefficient (Wildman–Crippen LogP) is 4.25. The van der Waals surface area contributed by atoms with Gasteiger partial charge in [0.1, 0.15) is 0 Å². The summed E-state index contributed by atoms with van der Waals surface area (Å²) in [5, 5.41) is 10.2. The second-order valence-corrected chi connectivity index (χ2v) is 6.58. The van der Waals surface area contributed by atoms with E-state index in [2.05, 4.69) is 41.5 Å². The van der Waals surface area contributed by atoms with Crippen molar-refractivity contribution in [2.24, 2.45) is 10.8 Å². The molecule has 14 heavy (non-hydrogen) atoms. The first-order valence-corrected chi connectivity index (χ1v) is 5.18. The minimum absolute atomic E-state index is 0. The van der Waals surface area contributed by atoms with Crippen LogP contribution in [0.4, 0.5) is 0 Å². The highest BCUT2D eigenvalue weighted by Gasteiger charge is 2.35. The van der Waals surface area contributed by atoms with Gasteiger partial charge in [0.25, 0.3) is 0 Å². The molecule has 88 valence electrons. The molecule has 0 aromatic rings. The maximum absolute atomic E-state index is 10.2. The third kappa shape index (κ3) is 5.64. The number of rotatable bonds is 2. The van der Waals surface area contributed by atoms with Crippen molar-refractivity contribution in [1.29, 1.82) is 0 Å². The molecule has 0 rings (SSSR count). The SMILES string of the molecule is C.CC(C)(C)CCC(C)(O)C(C)(C)C. The highest BCUT2D eigenvalue weighted by Crippen LogP contribution is 2.36. The van der Waals surface area contributed by atoms with Gasteiger partial charge in [-0.2, -0.15) is 0 Å². The van der Waals surface area contributed by atoms with E-state index in [1.807, 2.05) is 6.92 Å². The molecule has 0 bridgehead atoms. The Bertz CT molecular complexity index is 155. The summed E-state index contributed by atoms with van der Waals surface area (Å²) in [6.45, 7) is 14.9. The van der Waals surface area contributed by atoms with E-state index in [1.165, 1.54) is 0 Å². The third-order valence-electron chi connectivity index (χ3n) is 2.98. The molecule has 0 spiro atoms. The fourth-order valence-corrected chi connectivity index (χ4v) is 0.993. The van der Waals surface area contributed by atoms with Gasteiger partial charge in [0, 0.05) is 0 Å². The number of hydrogen-bond acceptors (Lipinski definition) is 1. The molecule has 0 saturated heterocycles. The van der Waals surface area contributed by atoms with E-state index < -0.39 is 5.60 Å². The van der Waals surface area contributed by atoms with Gasteiger partial charge in [-0.25, -0.2) is 0 Å². The van der Waals surface area contributed by atoms with Crippen LogP contribution in [0.5, 0.6) is 0 Å². The normalized spacial score (nSPS) is 17.1. The van der Waals surface area contributed by atoms with Gasteiger partial charge in [-0.3, -0.25) is 0 Å². The molecule has 0 aliphatic carbocycles. The Balaban J connectivity index is 0. The summed E-state index contributed by atoms with van der Waals surface area (Å²) in [6, 6.07) is 0. The summed E-state index contributed by atoms with van der Waals surface area (Å²) in [6.07, 6.45) is 1.94. The zero-order chi connectivity index (χ0) is 10.9. The van der Waals surface area contributed by atoms with Crippen molar-refractivity contribution in [2.45, 2.75) is 74.3 Å². The minimum atomic E-state index is -0.555. The summed E-state index contributed by atoms with van der Waals surface area (Å²) in [4.78, 5) is 0. The van der Waals surface area contributed by atoms with Crippen LogP contribution < -0.4 is 0 Å². The summed E-state index contributed by atoms with van der Waals surface area (Å²) in [5.74, 6) is 0. The summed E-state index contributed by atoms with van der Waals surface area (Å²) in [5.41, 5.74) is -0.270. The molecule has 1 heteroatoms. The van der Waals surface area contributed by atoms with Crippen LogP contribution >= 0.6 is 0 Å². The number of aliphatic hydroxyl groups is 1. The van der Waals surface area contributed by atoms with Crippen LogP contribution in [0.25, 0.3) is 0 Å². The molecular formula is C13H30O. The molecule has 0 aromatic carbocycles. The van der Waals surface area contributed by atoms with Crippen molar-refractivity contribution in [3.8, 4) is 0 Å². The molecule has 1 nitrogen and oxygen atoms in total.